The third kappa shape index (κ3) is 3.64. The Morgan fingerprint density at radius 1 is 1.11 bits per heavy atom. The normalized spacial score (nSPS) is 23.4. The van der Waals surface area contributed by atoms with Crippen molar-refractivity contribution in [2.45, 2.75) is 25.3 Å². The molecule has 1 atom stereocenters. The number of carbonyl (C=O) groups excluding carboxylic acids is 1. The first-order chi connectivity index (χ1) is 13.3. The molecule has 3 saturated heterocycles. The number of rotatable bonds is 4. The van der Waals surface area contributed by atoms with Crippen LogP contribution >= 0.6 is 12.4 Å². The van der Waals surface area contributed by atoms with Crippen LogP contribution in [0, 0.1) is 5.92 Å². The molecule has 0 radical (unpaired) electrons. The second-order valence-electron chi connectivity index (χ2n) is 7.64. The summed E-state index contributed by atoms with van der Waals surface area (Å²) in [4.78, 5) is 20.0. The Morgan fingerprint density at radius 3 is 2.61 bits per heavy atom. The van der Waals surface area contributed by atoms with Crippen LogP contribution in [-0.2, 0) is 6.42 Å². The number of nitrogens with one attached hydrogen (secondary N) is 1. The third-order valence-corrected chi connectivity index (χ3v) is 5.88. The molecule has 0 saturated carbocycles. The van der Waals surface area contributed by atoms with Gasteiger partial charge in [0.05, 0.1) is 5.56 Å². The number of oxazole rings is 1. The predicted octanol–water partition coefficient (Wildman–Crippen LogP) is 3.66. The lowest BCUT2D eigenvalue weighted by atomic mass is 9.84. The van der Waals surface area contributed by atoms with E-state index < -0.39 is 0 Å². The second-order valence-corrected chi connectivity index (χ2v) is 7.64. The molecule has 3 aromatic rings. The highest BCUT2D eigenvalue weighted by Crippen LogP contribution is 2.28. The highest BCUT2D eigenvalue weighted by molar-refractivity contribution is 6.04. The Labute approximate surface area is 170 Å². The van der Waals surface area contributed by atoms with Gasteiger partial charge < -0.3 is 14.6 Å². The van der Waals surface area contributed by atoms with E-state index in [1.807, 2.05) is 36.4 Å². The topological polar surface area (TPSA) is 58.4 Å². The van der Waals surface area contributed by atoms with Crippen molar-refractivity contribution in [1.82, 2.24) is 15.2 Å². The average molecular weight is 398 g/mol. The number of piperidine rings is 3. The van der Waals surface area contributed by atoms with Gasteiger partial charge in [-0.15, -0.1) is 12.4 Å². The predicted molar refractivity (Wildman–Crippen MR) is 111 cm³/mol. The van der Waals surface area contributed by atoms with Crippen LogP contribution in [0.25, 0.3) is 11.1 Å². The average Bonchev–Trinajstić information content (AvgIpc) is 3.12. The van der Waals surface area contributed by atoms with Gasteiger partial charge in [0.1, 0.15) is 5.52 Å². The van der Waals surface area contributed by atoms with Crippen LogP contribution in [0.5, 0.6) is 0 Å². The second kappa shape index (κ2) is 7.94. The first-order valence-electron chi connectivity index (χ1n) is 9.72. The first-order valence-corrected chi connectivity index (χ1v) is 9.72. The van der Waals surface area contributed by atoms with Crippen molar-refractivity contribution in [2.75, 3.05) is 19.6 Å². The highest BCUT2D eigenvalue weighted by atomic mass is 35.5. The number of para-hydroxylation sites is 1. The van der Waals surface area contributed by atoms with Gasteiger partial charge in [-0.3, -0.25) is 4.79 Å². The lowest BCUT2D eigenvalue weighted by molar-refractivity contribution is 0.0621. The molecular weight excluding hydrogens is 374 g/mol. The van der Waals surface area contributed by atoms with E-state index in [0.717, 1.165) is 12.1 Å². The minimum atomic E-state index is -0.0427. The van der Waals surface area contributed by atoms with Crippen LogP contribution in [0.1, 0.15) is 34.7 Å². The summed E-state index contributed by atoms with van der Waals surface area (Å²) in [6.45, 7) is 3.29. The molecule has 4 heterocycles. The van der Waals surface area contributed by atoms with Crippen molar-refractivity contribution >= 4 is 29.4 Å². The van der Waals surface area contributed by atoms with Gasteiger partial charge in [-0.2, -0.15) is 0 Å². The van der Waals surface area contributed by atoms with Crippen LogP contribution in [0.4, 0.5) is 0 Å². The zero-order valence-electron chi connectivity index (χ0n) is 15.6. The summed E-state index contributed by atoms with van der Waals surface area (Å²) in [7, 11) is 0. The van der Waals surface area contributed by atoms with Gasteiger partial charge in [-0.05, 0) is 49.5 Å². The summed E-state index contributed by atoms with van der Waals surface area (Å²) in [6, 6.07) is 15.9. The number of halogens is 1. The van der Waals surface area contributed by atoms with E-state index >= 15 is 0 Å². The van der Waals surface area contributed by atoms with E-state index in [-0.39, 0.29) is 24.4 Å². The monoisotopic (exact) mass is 397 g/mol. The standard InChI is InChI=1S/C22H23N3O2.ClH/c26-22(23-18-14-25-11-9-16(18)10-12-25)17-7-4-8-19-21(17)24-20(27-19)13-15-5-2-1-3-6-15;/h1-8,16,18H,9-14H2,(H,23,26);1H. The Balaban J connectivity index is 0.00000192. The maximum absolute atomic E-state index is 13.0. The van der Waals surface area contributed by atoms with E-state index in [2.05, 4.69) is 27.3 Å². The minimum absolute atomic E-state index is 0. The lowest BCUT2D eigenvalue weighted by Crippen LogP contribution is -2.57. The fourth-order valence-corrected chi connectivity index (χ4v) is 4.40. The van der Waals surface area contributed by atoms with Crippen LogP contribution in [0.15, 0.2) is 52.9 Å². The van der Waals surface area contributed by atoms with Crippen molar-refractivity contribution in [2.24, 2.45) is 5.92 Å². The van der Waals surface area contributed by atoms with E-state index in [9.17, 15) is 4.79 Å². The maximum Gasteiger partial charge on any atom is 0.253 e. The van der Waals surface area contributed by atoms with Gasteiger partial charge in [-0.25, -0.2) is 4.98 Å². The zero-order valence-corrected chi connectivity index (χ0v) is 16.5. The van der Waals surface area contributed by atoms with Crippen LogP contribution in [0.2, 0.25) is 0 Å². The molecular formula is C22H24ClN3O2. The molecule has 3 fully saturated rings. The summed E-state index contributed by atoms with van der Waals surface area (Å²) in [5.74, 6) is 1.20. The van der Waals surface area contributed by atoms with Crippen molar-refractivity contribution in [3.8, 4) is 0 Å². The van der Waals surface area contributed by atoms with E-state index in [1.165, 1.54) is 25.9 Å². The smallest absolute Gasteiger partial charge is 0.253 e. The minimum Gasteiger partial charge on any atom is -0.440 e. The maximum atomic E-state index is 13.0. The van der Waals surface area contributed by atoms with E-state index in [4.69, 9.17) is 4.42 Å². The molecule has 3 aliphatic heterocycles. The lowest BCUT2D eigenvalue weighted by Gasteiger charge is -2.44. The van der Waals surface area contributed by atoms with Crippen molar-refractivity contribution < 1.29 is 9.21 Å². The molecule has 1 N–H and O–H groups in total. The molecule has 6 heteroatoms. The third-order valence-electron chi connectivity index (χ3n) is 5.88. The fourth-order valence-electron chi connectivity index (χ4n) is 4.40. The number of nitrogens with zero attached hydrogens (tertiary/aromatic N) is 2. The summed E-state index contributed by atoms with van der Waals surface area (Å²) >= 11 is 0. The van der Waals surface area contributed by atoms with Crippen molar-refractivity contribution in [3.63, 3.8) is 0 Å². The van der Waals surface area contributed by atoms with Gasteiger partial charge >= 0.3 is 0 Å². The van der Waals surface area contributed by atoms with Gasteiger partial charge in [0, 0.05) is 19.0 Å². The summed E-state index contributed by atoms with van der Waals surface area (Å²) in [5.41, 5.74) is 3.07. The first kappa shape index (κ1) is 19.0. The molecule has 0 spiro atoms. The number of fused-ring (bicyclic) bond motifs is 4. The van der Waals surface area contributed by atoms with Crippen LogP contribution < -0.4 is 5.32 Å². The molecule has 2 aromatic carbocycles. The molecule has 1 amide bonds. The highest BCUT2D eigenvalue weighted by Gasteiger charge is 2.35. The van der Waals surface area contributed by atoms with Gasteiger partial charge in [0.2, 0.25) is 0 Å². The SMILES string of the molecule is Cl.O=C(NC1CN2CCC1CC2)c1cccc2oc(Cc3ccccc3)nc12. The summed E-state index contributed by atoms with van der Waals surface area (Å²) in [5, 5.41) is 3.26. The molecule has 146 valence electrons. The molecule has 6 rings (SSSR count). The van der Waals surface area contributed by atoms with Crippen molar-refractivity contribution in [3.05, 3.63) is 65.5 Å². The number of amides is 1. The van der Waals surface area contributed by atoms with Crippen LogP contribution in [0.3, 0.4) is 0 Å². The Kier molecular flexibility index (Phi) is 5.38. The van der Waals surface area contributed by atoms with Gasteiger partial charge in [-0.1, -0.05) is 36.4 Å². The molecule has 2 bridgehead atoms. The van der Waals surface area contributed by atoms with E-state index in [1.54, 1.807) is 0 Å². The number of carbonyl (C=O) groups is 1. The Hall–Kier alpha value is -2.37. The molecule has 28 heavy (non-hydrogen) atoms. The fraction of sp³-hybridized carbons (Fsp3) is 0.364. The number of hydrogen-bond donors (Lipinski definition) is 1. The number of hydrogen-bond acceptors (Lipinski definition) is 4. The summed E-state index contributed by atoms with van der Waals surface area (Å²) in [6.07, 6.45) is 2.98. The molecule has 0 aliphatic carbocycles. The Bertz CT molecular complexity index is 964. The zero-order chi connectivity index (χ0) is 18.2. The molecule has 3 aliphatic rings. The largest absolute Gasteiger partial charge is 0.440 e. The van der Waals surface area contributed by atoms with Crippen molar-refractivity contribution in [1.29, 1.82) is 0 Å². The quantitative estimate of drug-likeness (QED) is 0.729. The molecule has 5 nitrogen and oxygen atoms in total. The molecule has 1 unspecified atom stereocenters. The Morgan fingerprint density at radius 2 is 1.89 bits per heavy atom. The molecule has 1 aromatic heterocycles. The van der Waals surface area contributed by atoms with Gasteiger partial charge in [0.25, 0.3) is 5.91 Å². The van der Waals surface area contributed by atoms with Gasteiger partial charge in [0.15, 0.2) is 11.5 Å². The number of aromatic nitrogens is 1. The van der Waals surface area contributed by atoms with Crippen LogP contribution in [-0.4, -0.2) is 41.5 Å². The summed E-state index contributed by atoms with van der Waals surface area (Å²) < 4.78 is 5.90. The van der Waals surface area contributed by atoms with E-state index in [0.29, 0.717) is 34.9 Å². The number of benzene rings is 2.